The van der Waals surface area contributed by atoms with E-state index in [0.29, 0.717) is 41.6 Å². The topological polar surface area (TPSA) is 97.5 Å². The molecule has 1 amide bonds. The molecule has 10 heteroatoms. The van der Waals surface area contributed by atoms with Gasteiger partial charge in [0.15, 0.2) is 5.69 Å². The number of rotatable bonds is 4. The summed E-state index contributed by atoms with van der Waals surface area (Å²) in [6.07, 6.45) is 1.14. The molecule has 3 heterocycles. The lowest BCUT2D eigenvalue weighted by Gasteiger charge is -2.33. The van der Waals surface area contributed by atoms with E-state index in [9.17, 15) is 9.18 Å². The highest BCUT2D eigenvalue weighted by Gasteiger charge is 2.31. The molecule has 0 unspecified atom stereocenters. The van der Waals surface area contributed by atoms with E-state index < -0.39 is 6.10 Å². The van der Waals surface area contributed by atoms with Gasteiger partial charge in [0.25, 0.3) is 5.91 Å². The summed E-state index contributed by atoms with van der Waals surface area (Å²) < 4.78 is 24.5. The number of nitrogens with zero attached hydrogens (tertiary/aromatic N) is 6. The smallest absolute Gasteiger partial charge is 0.278 e. The van der Waals surface area contributed by atoms with Gasteiger partial charge in [-0.2, -0.15) is 0 Å². The summed E-state index contributed by atoms with van der Waals surface area (Å²) in [7, 11) is 3.66. The van der Waals surface area contributed by atoms with Crippen molar-refractivity contribution in [3.63, 3.8) is 0 Å². The van der Waals surface area contributed by atoms with Crippen LogP contribution in [-0.2, 0) is 4.74 Å². The van der Waals surface area contributed by atoms with E-state index in [1.165, 1.54) is 12.1 Å². The van der Waals surface area contributed by atoms with Crippen LogP contribution in [0, 0.1) is 12.7 Å². The van der Waals surface area contributed by atoms with Gasteiger partial charge in [-0.05, 0) is 29.8 Å². The number of aromatic nitrogens is 4. The van der Waals surface area contributed by atoms with Gasteiger partial charge in [0.05, 0.1) is 18.8 Å². The van der Waals surface area contributed by atoms with Gasteiger partial charge in [-0.15, -0.1) is 0 Å². The predicted molar refractivity (Wildman–Crippen MR) is 105 cm³/mol. The SMILES string of the molecule is Cc1nonc1C(=O)N1CCO[C@@H](c2nc(N(C)C)ncc2-c2cccc(F)c2)C1. The van der Waals surface area contributed by atoms with Gasteiger partial charge < -0.3 is 14.5 Å². The van der Waals surface area contributed by atoms with Crippen molar-refractivity contribution >= 4 is 11.9 Å². The maximum absolute atomic E-state index is 13.8. The van der Waals surface area contributed by atoms with Gasteiger partial charge in [-0.25, -0.2) is 19.0 Å². The summed E-state index contributed by atoms with van der Waals surface area (Å²) in [4.78, 5) is 25.3. The summed E-state index contributed by atoms with van der Waals surface area (Å²) in [6, 6.07) is 6.22. The third-order valence-corrected chi connectivity index (χ3v) is 4.85. The quantitative estimate of drug-likeness (QED) is 0.644. The van der Waals surface area contributed by atoms with Crippen LogP contribution in [0.3, 0.4) is 0 Å². The Kier molecular flexibility index (Phi) is 5.40. The minimum atomic E-state index is -0.511. The summed E-state index contributed by atoms with van der Waals surface area (Å²) in [5.74, 6) is -0.143. The maximum atomic E-state index is 13.8. The van der Waals surface area contributed by atoms with Crippen molar-refractivity contribution in [1.82, 2.24) is 25.2 Å². The molecule has 4 rings (SSSR count). The van der Waals surface area contributed by atoms with Crippen molar-refractivity contribution in [2.45, 2.75) is 13.0 Å². The monoisotopic (exact) mass is 412 g/mol. The molecule has 1 fully saturated rings. The number of ether oxygens (including phenoxy) is 1. The third kappa shape index (κ3) is 3.86. The molecule has 0 bridgehead atoms. The van der Waals surface area contributed by atoms with E-state index in [4.69, 9.17) is 4.74 Å². The van der Waals surface area contributed by atoms with E-state index in [1.54, 1.807) is 35.1 Å². The van der Waals surface area contributed by atoms with Crippen LogP contribution in [0.15, 0.2) is 35.1 Å². The lowest BCUT2D eigenvalue weighted by atomic mass is 10.0. The van der Waals surface area contributed by atoms with Gasteiger partial charge in [0.2, 0.25) is 5.95 Å². The van der Waals surface area contributed by atoms with Gasteiger partial charge in [0.1, 0.15) is 17.6 Å². The second-order valence-corrected chi connectivity index (χ2v) is 7.18. The van der Waals surface area contributed by atoms with Gasteiger partial charge in [-0.1, -0.05) is 17.3 Å². The number of benzene rings is 1. The van der Waals surface area contributed by atoms with Crippen LogP contribution in [0.4, 0.5) is 10.3 Å². The van der Waals surface area contributed by atoms with Crippen LogP contribution < -0.4 is 4.90 Å². The fourth-order valence-corrected chi connectivity index (χ4v) is 3.30. The number of carbonyl (C=O) groups excluding carboxylic acids is 1. The number of hydrogen-bond acceptors (Lipinski definition) is 8. The molecular weight excluding hydrogens is 391 g/mol. The molecule has 0 N–H and O–H groups in total. The van der Waals surface area contributed by atoms with Crippen molar-refractivity contribution in [2.75, 3.05) is 38.7 Å². The molecule has 0 radical (unpaired) electrons. The lowest BCUT2D eigenvalue weighted by molar-refractivity contribution is -0.0247. The van der Waals surface area contributed by atoms with Crippen molar-refractivity contribution < 1.29 is 18.6 Å². The Morgan fingerprint density at radius 2 is 2.13 bits per heavy atom. The summed E-state index contributed by atoms with van der Waals surface area (Å²) in [6.45, 7) is 2.65. The van der Waals surface area contributed by atoms with Crippen molar-refractivity contribution in [1.29, 1.82) is 0 Å². The fraction of sp³-hybridized carbons (Fsp3) is 0.350. The molecule has 3 aromatic rings. The normalized spacial score (nSPS) is 16.5. The number of amides is 1. The summed E-state index contributed by atoms with van der Waals surface area (Å²) in [5, 5.41) is 7.38. The average molecular weight is 412 g/mol. The minimum absolute atomic E-state index is 0.178. The Bertz CT molecular complexity index is 1070. The largest absolute Gasteiger partial charge is 0.368 e. The molecule has 1 atom stereocenters. The second-order valence-electron chi connectivity index (χ2n) is 7.18. The van der Waals surface area contributed by atoms with Crippen molar-refractivity contribution in [3.05, 3.63) is 53.4 Å². The van der Waals surface area contributed by atoms with Gasteiger partial charge in [0, 0.05) is 32.4 Å². The lowest BCUT2D eigenvalue weighted by Crippen LogP contribution is -2.43. The Labute approximate surface area is 172 Å². The van der Waals surface area contributed by atoms with E-state index in [0.717, 1.165) is 0 Å². The standard InChI is InChI=1S/C20H21FN6O3/c1-12-17(25-30-24-12)19(28)27-7-8-29-16(11-27)18-15(10-22-20(23-18)26(2)3)13-5-4-6-14(21)9-13/h4-6,9-10,16H,7-8,11H2,1-3H3/t16-/m1/s1. The minimum Gasteiger partial charge on any atom is -0.368 e. The molecule has 1 aromatic carbocycles. The number of halogens is 1. The third-order valence-electron chi connectivity index (χ3n) is 4.85. The van der Waals surface area contributed by atoms with Gasteiger partial charge >= 0.3 is 0 Å². The Hall–Kier alpha value is -3.40. The fourth-order valence-electron chi connectivity index (χ4n) is 3.30. The molecule has 156 valence electrons. The summed E-state index contributed by atoms with van der Waals surface area (Å²) in [5.41, 5.74) is 2.49. The molecule has 0 saturated carbocycles. The number of hydrogen-bond donors (Lipinski definition) is 0. The van der Waals surface area contributed by atoms with Crippen LogP contribution in [0.1, 0.15) is 28.0 Å². The molecule has 30 heavy (non-hydrogen) atoms. The number of carbonyl (C=O) groups is 1. The average Bonchev–Trinajstić information content (AvgIpc) is 3.18. The maximum Gasteiger partial charge on any atom is 0.278 e. The number of morpholine rings is 1. The number of aryl methyl sites for hydroxylation is 1. The second kappa shape index (κ2) is 8.15. The Balaban J connectivity index is 1.70. The first-order chi connectivity index (χ1) is 14.4. The summed E-state index contributed by atoms with van der Waals surface area (Å²) >= 11 is 0. The zero-order chi connectivity index (χ0) is 21.3. The van der Waals surface area contributed by atoms with Gasteiger partial charge in [-0.3, -0.25) is 4.79 Å². The predicted octanol–water partition coefficient (Wildman–Crippen LogP) is 2.25. The van der Waals surface area contributed by atoms with E-state index in [1.807, 2.05) is 14.1 Å². The van der Waals surface area contributed by atoms with Crippen LogP contribution >= 0.6 is 0 Å². The van der Waals surface area contributed by atoms with Crippen LogP contribution in [0.25, 0.3) is 11.1 Å². The van der Waals surface area contributed by atoms with Crippen LogP contribution in [-0.4, -0.2) is 64.9 Å². The molecule has 0 spiro atoms. The van der Waals surface area contributed by atoms with Crippen molar-refractivity contribution in [2.24, 2.45) is 0 Å². The molecule has 9 nitrogen and oxygen atoms in total. The highest BCUT2D eigenvalue weighted by molar-refractivity contribution is 5.93. The zero-order valence-corrected chi connectivity index (χ0v) is 16.9. The highest BCUT2D eigenvalue weighted by atomic mass is 19.1. The molecule has 0 aliphatic carbocycles. The molecule has 1 aliphatic rings. The highest BCUT2D eigenvalue weighted by Crippen LogP contribution is 2.32. The van der Waals surface area contributed by atoms with E-state index in [-0.39, 0.29) is 24.0 Å². The van der Waals surface area contributed by atoms with Crippen LogP contribution in [0.2, 0.25) is 0 Å². The number of anilines is 1. The molecule has 2 aromatic heterocycles. The van der Waals surface area contributed by atoms with Crippen LogP contribution in [0.5, 0.6) is 0 Å². The van der Waals surface area contributed by atoms with E-state index >= 15 is 0 Å². The van der Waals surface area contributed by atoms with Crippen molar-refractivity contribution in [3.8, 4) is 11.1 Å². The first kappa shape index (κ1) is 19.9. The zero-order valence-electron chi connectivity index (χ0n) is 16.9. The first-order valence-corrected chi connectivity index (χ1v) is 9.44. The molecular formula is C20H21FN6O3. The Morgan fingerprint density at radius 3 is 2.83 bits per heavy atom. The molecule has 1 saturated heterocycles. The first-order valence-electron chi connectivity index (χ1n) is 9.44. The molecule has 1 aliphatic heterocycles. The Morgan fingerprint density at radius 1 is 1.30 bits per heavy atom. The van der Waals surface area contributed by atoms with E-state index in [2.05, 4.69) is 24.9 Å².